The highest BCUT2D eigenvalue weighted by Crippen LogP contribution is 2.19. The summed E-state index contributed by atoms with van der Waals surface area (Å²) in [5, 5.41) is 9.55. The van der Waals surface area contributed by atoms with Gasteiger partial charge in [-0.3, -0.25) is 9.69 Å². The third kappa shape index (κ3) is 3.49. The predicted octanol–water partition coefficient (Wildman–Crippen LogP) is 2.80. The van der Waals surface area contributed by atoms with Gasteiger partial charge >= 0.3 is 0 Å². The summed E-state index contributed by atoms with van der Waals surface area (Å²) < 4.78 is 1.78. The molecule has 0 aliphatic carbocycles. The van der Waals surface area contributed by atoms with Crippen LogP contribution in [-0.4, -0.2) is 35.8 Å². The fourth-order valence-electron chi connectivity index (χ4n) is 2.26. The first-order valence-corrected chi connectivity index (χ1v) is 8.28. The number of amides is 1. The van der Waals surface area contributed by atoms with Gasteiger partial charge in [0.15, 0.2) is 5.82 Å². The van der Waals surface area contributed by atoms with Crippen molar-refractivity contribution in [3.8, 4) is 5.69 Å². The number of para-hydroxylation sites is 1. The first-order chi connectivity index (χ1) is 11.3. The van der Waals surface area contributed by atoms with Crippen LogP contribution in [-0.2, 0) is 0 Å². The number of nitrogens with one attached hydrogen (secondary N) is 1. The van der Waals surface area contributed by atoms with Crippen LogP contribution in [0.25, 0.3) is 5.69 Å². The maximum atomic E-state index is 12.7. The number of carbonyl (C=O) groups excluding carboxylic acids is 1. The Balaban J connectivity index is 1.88. The molecule has 3 aromatic rings. The van der Waals surface area contributed by atoms with Gasteiger partial charge in [-0.05, 0) is 30.6 Å². The van der Waals surface area contributed by atoms with Crippen LogP contribution in [0.1, 0.15) is 9.67 Å². The molecule has 0 unspecified atom stereocenters. The molecule has 0 aliphatic heterocycles. The van der Waals surface area contributed by atoms with E-state index < -0.39 is 0 Å². The smallest absolute Gasteiger partial charge is 0.269 e. The molecule has 0 saturated carbocycles. The monoisotopic (exact) mass is 326 g/mol. The lowest BCUT2D eigenvalue weighted by Gasteiger charge is -2.19. The highest BCUT2D eigenvalue weighted by atomic mass is 32.1. The Labute approximate surface area is 139 Å². The van der Waals surface area contributed by atoms with E-state index in [1.165, 1.54) is 11.3 Å². The van der Waals surface area contributed by atoms with Crippen LogP contribution < -0.4 is 10.2 Å². The van der Waals surface area contributed by atoms with E-state index in [1.54, 1.807) is 9.58 Å². The number of rotatable bonds is 6. The lowest BCUT2D eigenvalue weighted by Crippen LogP contribution is -2.36. The molecule has 2 aromatic heterocycles. The Morgan fingerprint density at radius 2 is 2.04 bits per heavy atom. The summed E-state index contributed by atoms with van der Waals surface area (Å²) >= 11 is 1.44. The van der Waals surface area contributed by atoms with E-state index >= 15 is 0 Å². The molecule has 1 N–H and O–H groups in total. The number of aromatic nitrogens is 2. The summed E-state index contributed by atoms with van der Waals surface area (Å²) in [6.45, 7) is 1.27. The second kappa shape index (κ2) is 7.21. The molecule has 5 nitrogen and oxygen atoms in total. The highest BCUT2D eigenvalue weighted by molar-refractivity contribution is 7.12. The Morgan fingerprint density at radius 1 is 1.22 bits per heavy atom. The molecule has 6 heteroatoms. The maximum absolute atomic E-state index is 12.7. The van der Waals surface area contributed by atoms with Gasteiger partial charge in [0.25, 0.3) is 5.91 Å². The number of likely N-dealkylation sites (N-methyl/N-ethyl adjacent to an activating group) is 1. The van der Waals surface area contributed by atoms with Gasteiger partial charge in [-0.25, -0.2) is 4.68 Å². The Morgan fingerprint density at radius 3 is 2.74 bits per heavy atom. The Kier molecular flexibility index (Phi) is 4.85. The van der Waals surface area contributed by atoms with Crippen molar-refractivity contribution in [2.45, 2.75) is 0 Å². The van der Waals surface area contributed by atoms with E-state index in [0.29, 0.717) is 18.9 Å². The average molecular weight is 326 g/mol. The van der Waals surface area contributed by atoms with E-state index in [4.69, 9.17) is 0 Å². The molecular weight excluding hydrogens is 308 g/mol. The van der Waals surface area contributed by atoms with Crippen LogP contribution in [0.5, 0.6) is 0 Å². The summed E-state index contributed by atoms with van der Waals surface area (Å²) in [6, 6.07) is 15.5. The summed E-state index contributed by atoms with van der Waals surface area (Å²) in [5.74, 6) is 0.635. The van der Waals surface area contributed by atoms with Crippen LogP contribution in [0.2, 0.25) is 0 Å². The van der Waals surface area contributed by atoms with Gasteiger partial charge in [0.05, 0.1) is 10.6 Å². The van der Waals surface area contributed by atoms with E-state index in [-0.39, 0.29) is 5.91 Å². The molecule has 0 bridgehead atoms. The predicted molar refractivity (Wildman–Crippen MR) is 93.5 cm³/mol. The third-order valence-corrected chi connectivity index (χ3v) is 4.29. The van der Waals surface area contributed by atoms with Gasteiger partial charge in [-0.15, -0.1) is 16.4 Å². The molecule has 0 spiro atoms. The number of hydrogen-bond acceptors (Lipinski definition) is 4. The lowest BCUT2D eigenvalue weighted by atomic mass is 10.3. The minimum Gasteiger partial charge on any atom is -0.318 e. The summed E-state index contributed by atoms with van der Waals surface area (Å²) in [5.41, 5.74) is 0.968. The number of hydrogen-bond donors (Lipinski definition) is 1. The maximum Gasteiger partial charge on any atom is 0.269 e. The lowest BCUT2D eigenvalue weighted by molar-refractivity contribution is 0.0990. The molecule has 0 atom stereocenters. The zero-order chi connectivity index (χ0) is 16.1. The molecule has 0 fully saturated rings. The van der Waals surface area contributed by atoms with E-state index in [1.807, 2.05) is 67.2 Å². The molecule has 0 saturated heterocycles. The van der Waals surface area contributed by atoms with Gasteiger partial charge in [-0.1, -0.05) is 24.3 Å². The van der Waals surface area contributed by atoms with Crippen molar-refractivity contribution >= 4 is 23.1 Å². The molecule has 2 heterocycles. The molecule has 23 heavy (non-hydrogen) atoms. The van der Waals surface area contributed by atoms with Gasteiger partial charge in [-0.2, -0.15) is 0 Å². The SMILES string of the molecule is CNCCN(C(=O)c1cccs1)c1ccn(-c2ccccc2)n1. The number of carbonyl (C=O) groups is 1. The minimum absolute atomic E-state index is 0.0199. The largest absolute Gasteiger partial charge is 0.318 e. The quantitative estimate of drug-likeness (QED) is 0.758. The molecule has 0 radical (unpaired) electrons. The zero-order valence-electron chi connectivity index (χ0n) is 12.8. The molecule has 118 valence electrons. The molecule has 0 aliphatic rings. The second-order valence-corrected chi connectivity index (χ2v) is 5.94. The van der Waals surface area contributed by atoms with Crippen molar-refractivity contribution in [3.05, 3.63) is 65.0 Å². The van der Waals surface area contributed by atoms with E-state index in [0.717, 1.165) is 10.6 Å². The second-order valence-electron chi connectivity index (χ2n) is 4.99. The summed E-state index contributed by atoms with van der Waals surface area (Å²) in [6.07, 6.45) is 1.87. The van der Waals surface area contributed by atoms with E-state index in [9.17, 15) is 4.79 Å². The first kappa shape index (κ1) is 15.5. The molecular formula is C17H18N4OS. The van der Waals surface area contributed by atoms with Crippen LogP contribution >= 0.6 is 11.3 Å². The van der Waals surface area contributed by atoms with Crippen LogP contribution in [0.4, 0.5) is 5.82 Å². The van der Waals surface area contributed by atoms with Gasteiger partial charge in [0.1, 0.15) is 0 Å². The standard InChI is InChI=1S/C17H18N4OS/c1-18-10-12-20(17(22)15-8-5-13-23-15)16-9-11-21(19-16)14-6-3-2-4-7-14/h2-9,11,13,18H,10,12H2,1H3. The minimum atomic E-state index is -0.0199. The van der Waals surface area contributed by atoms with Crippen molar-refractivity contribution in [1.82, 2.24) is 15.1 Å². The number of benzene rings is 1. The van der Waals surface area contributed by atoms with Gasteiger partial charge in [0, 0.05) is 25.4 Å². The van der Waals surface area contributed by atoms with Crippen molar-refractivity contribution in [3.63, 3.8) is 0 Å². The molecule has 3 rings (SSSR count). The zero-order valence-corrected chi connectivity index (χ0v) is 13.7. The van der Waals surface area contributed by atoms with Crippen LogP contribution in [0, 0.1) is 0 Å². The Hall–Kier alpha value is -2.44. The van der Waals surface area contributed by atoms with Crippen molar-refractivity contribution in [2.24, 2.45) is 0 Å². The van der Waals surface area contributed by atoms with Gasteiger partial charge in [0.2, 0.25) is 0 Å². The van der Waals surface area contributed by atoms with Crippen molar-refractivity contribution < 1.29 is 4.79 Å². The average Bonchev–Trinajstić information content (AvgIpc) is 3.28. The topological polar surface area (TPSA) is 50.2 Å². The first-order valence-electron chi connectivity index (χ1n) is 7.40. The fraction of sp³-hybridized carbons (Fsp3) is 0.176. The molecule has 1 amide bonds. The third-order valence-electron chi connectivity index (χ3n) is 3.43. The summed E-state index contributed by atoms with van der Waals surface area (Å²) in [7, 11) is 1.87. The van der Waals surface area contributed by atoms with Crippen LogP contribution in [0.15, 0.2) is 60.1 Å². The van der Waals surface area contributed by atoms with Gasteiger partial charge < -0.3 is 5.32 Å². The number of anilines is 1. The molecule has 1 aromatic carbocycles. The van der Waals surface area contributed by atoms with Crippen molar-refractivity contribution in [2.75, 3.05) is 25.0 Å². The number of nitrogens with zero attached hydrogens (tertiary/aromatic N) is 3. The van der Waals surface area contributed by atoms with Crippen molar-refractivity contribution in [1.29, 1.82) is 0 Å². The van der Waals surface area contributed by atoms with Crippen LogP contribution in [0.3, 0.4) is 0 Å². The number of thiophene rings is 1. The fourth-order valence-corrected chi connectivity index (χ4v) is 2.93. The normalized spacial score (nSPS) is 10.7. The highest BCUT2D eigenvalue weighted by Gasteiger charge is 2.20. The Bertz CT molecular complexity index is 752. The summed E-state index contributed by atoms with van der Waals surface area (Å²) in [4.78, 5) is 15.1. The van der Waals surface area contributed by atoms with E-state index in [2.05, 4.69) is 10.4 Å².